The molecule has 1 fully saturated rings. The van der Waals surface area contributed by atoms with Gasteiger partial charge in [0.05, 0.1) is 23.5 Å². The molecule has 1 atom stereocenters. The fraction of sp³-hybridized carbons (Fsp3) is 0.500. The van der Waals surface area contributed by atoms with E-state index in [9.17, 15) is 18.5 Å². The lowest BCUT2D eigenvalue weighted by Crippen LogP contribution is -2.32. The minimum atomic E-state index is -3.56. The van der Waals surface area contributed by atoms with Gasteiger partial charge in [0, 0.05) is 12.1 Å². The minimum absolute atomic E-state index is 0.0488. The van der Waals surface area contributed by atoms with Crippen LogP contribution in [0.2, 0.25) is 0 Å². The van der Waals surface area contributed by atoms with Crippen molar-refractivity contribution in [3.8, 4) is 5.75 Å². The van der Waals surface area contributed by atoms with E-state index in [1.807, 2.05) is 0 Å². The fourth-order valence-corrected chi connectivity index (χ4v) is 3.66. The van der Waals surface area contributed by atoms with Crippen molar-refractivity contribution >= 4 is 21.4 Å². The largest absolute Gasteiger partial charge is 0.490 e. The topological polar surface area (TPSA) is 111 Å². The molecule has 21 heavy (non-hydrogen) atoms. The number of nitro groups is 1. The number of sulfonamides is 1. The van der Waals surface area contributed by atoms with E-state index in [0.29, 0.717) is 0 Å². The van der Waals surface area contributed by atoms with Crippen LogP contribution in [0.5, 0.6) is 5.75 Å². The predicted octanol–water partition coefficient (Wildman–Crippen LogP) is 1.10. The smallest absolute Gasteiger partial charge is 0.312 e. The maximum absolute atomic E-state index is 12.0. The number of hydrogen-bond donors (Lipinski definition) is 2. The zero-order valence-electron chi connectivity index (χ0n) is 11.5. The normalized spacial score (nSPS) is 18.4. The molecule has 2 rings (SSSR count). The first-order valence-electron chi connectivity index (χ1n) is 6.47. The van der Waals surface area contributed by atoms with Crippen molar-refractivity contribution in [2.45, 2.75) is 18.9 Å². The fourth-order valence-electron chi connectivity index (χ4n) is 2.28. The molecule has 1 aliphatic heterocycles. The van der Waals surface area contributed by atoms with Gasteiger partial charge < -0.3 is 10.1 Å². The Morgan fingerprint density at radius 3 is 2.86 bits per heavy atom. The molecule has 116 valence electrons. The molecule has 9 heteroatoms. The summed E-state index contributed by atoms with van der Waals surface area (Å²) < 4.78 is 31.3. The van der Waals surface area contributed by atoms with Crippen LogP contribution in [0.1, 0.15) is 12.8 Å². The number of methoxy groups -OCH3 is 1. The summed E-state index contributed by atoms with van der Waals surface area (Å²) in [6.07, 6.45) is 1.76. The molecule has 0 radical (unpaired) electrons. The monoisotopic (exact) mass is 315 g/mol. The Morgan fingerprint density at radius 1 is 1.52 bits per heavy atom. The molecule has 0 bridgehead atoms. The molecule has 1 aromatic rings. The van der Waals surface area contributed by atoms with Crippen molar-refractivity contribution in [3.63, 3.8) is 0 Å². The molecule has 0 aliphatic carbocycles. The number of anilines is 1. The number of rotatable bonds is 6. The third kappa shape index (κ3) is 4.05. The van der Waals surface area contributed by atoms with E-state index in [1.54, 1.807) is 0 Å². The number of benzene rings is 1. The van der Waals surface area contributed by atoms with E-state index in [1.165, 1.54) is 19.2 Å². The van der Waals surface area contributed by atoms with Gasteiger partial charge in [0.1, 0.15) is 0 Å². The highest BCUT2D eigenvalue weighted by atomic mass is 32.2. The summed E-state index contributed by atoms with van der Waals surface area (Å²) in [4.78, 5) is 10.3. The molecule has 1 aromatic carbocycles. The van der Waals surface area contributed by atoms with Crippen LogP contribution < -0.4 is 14.8 Å². The lowest BCUT2D eigenvalue weighted by atomic mass is 10.2. The van der Waals surface area contributed by atoms with E-state index in [2.05, 4.69) is 10.0 Å². The summed E-state index contributed by atoms with van der Waals surface area (Å²) in [6, 6.07) is 3.88. The Hall–Kier alpha value is -1.87. The Labute approximate surface area is 122 Å². The van der Waals surface area contributed by atoms with Crippen LogP contribution in [0.3, 0.4) is 0 Å². The lowest BCUT2D eigenvalue weighted by molar-refractivity contribution is -0.385. The van der Waals surface area contributed by atoms with E-state index in [0.717, 1.165) is 25.5 Å². The minimum Gasteiger partial charge on any atom is -0.490 e. The van der Waals surface area contributed by atoms with Gasteiger partial charge in [-0.05, 0) is 31.5 Å². The van der Waals surface area contributed by atoms with Crippen molar-refractivity contribution in [2.75, 3.05) is 24.1 Å². The summed E-state index contributed by atoms with van der Waals surface area (Å²) in [5.41, 5.74) is -0.128. The maximum Gasteiger partial charge on any atom is 0.312 e. The van der Waals surface area contributed by atoms with Gasteiger partial charge in [-0.15, -0.1) is 0 Å². The molecule has 0 saturated carbocycles. The van der Waals surface area contributed by atoms with Gasteiger partial charge in [-0.25, -0.2) is 8.42 Å². The number of nitrogens with one attached hydrogen (secondary N) is 2. The van der Waals surface area contributed by atoms with E-state index >= 15 is 0 Å². The molecule has 0 amide bonds. The van der Waals surface area contributed by atoms with Gasteiger partial charge in [-0.2, -0.15) is 0 Å². The van der Waals surface area contributed by atoms with Crippen molar-refractivity contribution in [1.82, 2.24) is 5.32 Å². The van der Waals surface area contributed by atoms with Gasteiger partial charge in [0.15, 0.2) is 5.75 Å². The highest BCUT2D eigenvalue weighted by Gasteiger charge is 2.23. The van der Waals surface area contributed by atoms with Crippen LogP contribution in [0, 0.1) is 10.1 Å². The van der Waals surface area contributed by atoms with Crippen LogP contribution in [-0.2, 0) is 10.0 Å². The molecule has 1 aliphatic rings. The maximum atomic E-state index is 12.0. The van der Waals surface area contributed by atoms with Crippen molar-refractivity contribution < 1.29 is 18.1 Å². The quantitative estimate of drug-likeness (QED) is 0.600. The highest BCUT2D eigenvalue weighted by Crippen LogP contribution is 2.30. The molecule has 0 spiro atoms. The average molecular weight is 315 g/mol. The second-order valence-corrected chi connectivity index (χ2v) is 6.59. The molecule has 2 N–H and O–H groups in total. The van der Waals surface area contributed by atoms with Crippen LogP contribution in [0.15, 0.2) is 18.2 Å². The number of hydrogen-bond acceptors (Lipinski definition) is 6. The number of nitrogens with zero attached hydrogens (tertiary/aromatic N) is 1. The molecule has 8 nitrogen and oxygen atoms in total. The Kier molecular flexibility index (Phi) is 4.63. The Balaban J connectivity index is 2.14. The molecule has 1 unspecified atom stereocenters. The van der Waals surface area contributed by atoms with E-state index < -0.39 is 14.9 Å². The zero-order valence-corrected chi connectivity index (χ0v) is 12.4. The van der Waals surface area contributed by atoms with E-state index in [-0.39, 0.29) is 28.9 Å². The highest BCUT2D eigenvalue weighted by molar-refractivity contribution is 7.92. The van der Waals surface area contributed by atoms with Gasteiger partial charge in [-0.3, -0.25) is 14.8 Å². The van der Waals surface area contributed by atoms with Gasteiger partial charge in [0.2, 0.25) is 10.0 Å². The summed E-state index contributed by atoms with van der Waals surface area (Å²) >= 11 is 0. The van der Waals surface area contributed by atoms with Crippen LogP contribution in [0.4, 0.5) is 11.4 Å². The molecule has 1 heterocycles. The second kappa shape index (κ2) is 6.27. The summed E-state index contributed by atoms with van der Waals surface area (Å²) in [6.45, 7) is 0.814. The third-order valence-corrected chi connectivity index (χ3v) is 4.62. The standard InChI is InChI=1S/C12H17N3O5S/c1-20-12-5-4-9(7-11(12)15(16)17)14-21(18,19)8-10-3-2-6-13-10/h4-5,7,10,13-14H,2-3,6,8H2,1H3. The summed E-state index contributed by atoms with van der Waals surface area (Å²) in [5, 5.41) is 14.0. The molecule has 1 saturated heterocycles. The average Bonchev–Trinajstić information content (AvgIpc) is 2.90. The van der Waals surface area contributed by atoms with Crippen molar-refractivity contribution in [2.24, 2.45) is 0 Å². The SMILES string of the molecule is COc1ccc(NS(=O)(=O)CC2CCCN2)cc1[N+](=O)[O-]. The molecule has 0 aromatic heterocycles. The van der Waals surface area contributed by atoms with Crippen LogP contribution in [0.25, 0.3) is 0 Å². The number of nitro benzene ring substituents is 1. The lowest BCUT2D eigenvalue weighted by Gasteiger charge is -2.13. The Bertz CT molecular complexity index is 626. The van der Waals surface area contributed by atoms with Crippen molar-refractivity contribution in [3.05, 3.63) is 28.3 Å². The van der Waals surface area contributed by atoms with Gasteiger partial charge in [-0.1, -0.05) is 0 Å². The molecular weight excluding hydrogens is 298 g/mol. The van der Waals surface area contributed by atoms with E-state index in [4.69, 9.17) is 4.74 Å². The third-order valence-electron chi connectivity index (χ3n) is 3.23. The Morgan fingerprint density at radius 2 is 2.29 bits per heavy atom. The molecular formula is C12H17N3O5S. The first kappa shape index (κ1) is 15.5. The first-order valence-corrected chi connectivity index (χ1v) is 8.13. The zero-order chi connectivity index (χ0) is 15.5. The summed E-state index contributed by atoms with van der Waals surface area (Å²) in [5.74, 6) is 0.0349. The second-order valence-electron chi connectivity index (χ2n) is 4.82. The van der Waals surface area contributed by atoms with Crippen LogP contribution in [-0.4, -0.2) is 38.8 Å². The summed E-state index contributed by atoms with van der Waals surface area (Å²) in [7, 11) is -2.24. The number of ether oxygens (including phenoxy) is 1. The van der Waals surface area contributed by atoms with Gasteiger partial charge in [0.25, 0.3) is 0 Å². The van der Waals surface area contributed by atoms with Crippen LogP contribution >= 0.6 is 0 Å². The van der Waals surface area contributed by atoms with Gasteiger partial charge >= 0.3 is 5.69 Å². The van der Waals surface area contributed by atoms with Crippen molar-refractivity contribution in [1.29, 1.82) is 0 Å². The predicted molar refractivity (Wildman–Crippen MR) is 78.1 cm³/mol. The first-order chi connectivity index (χ1) is 9.91.